The van der Waals surface area contributed by atoms with Crippen LogP contribution >= 0.6 is 0 Å². The molecule has 0 aromatic heterocycles. The topological polar surface area (TPSA) is 61.8 Å². The van der Waals surface area contributed by atoms with Crippen molar-refractivity contribution in [1.29, 1.82) is 0 Å². The highest BCUT2D eigenvalue weighted by Crippen LogP contribution is 2.38. The molecule has 0 radical (unpaired) electrons. The maximum atomic E-state index is 13.1. The lowest BCUT2D eigenvalue weighted by Gasteiger charge is -2.30. The molecular formula is C15H13F3O5. The molecule has 1 aromatic carbocycles. The molecule has 0 saturated carbocycles. The van der Waals surface area contributed by atoms with Crippen LogP contribution in [0.25, 0.3) is 6.08 Å². The van der Waals surface area contributed by atoms with Gasteiger partial charge < -0.3 is 14.2 Å². The van der Waals surface area contributed by atoms with Gasteiger partial charge in [0.2, 0.25) is 0 Å². The number of hydrogen-bond acceptors (Lipinski definition) is 5. The van der Waals surface area contributed by atoms with E-state index in [4.69, 9.17) is 14.2 Å². The van der Waals surface area contributed by atoms with E-state index in [1.807, 2.05) is 0 Å². The number of methoxy groups -OCH3 is 1. The molecule has 0 atom stereocenters. The first kappa shape index (κ1) is 16.9. The van der Waals surface area contributed by atoms with Gasteiger partial charge in [0.05, 0.1) is 12.7 Å². The van der Waals surface area contributed by atoms with Crippen molar-refractivity contribution in [3.05, 3.63) is 34.9 Å². The summed E-state index contributed by atoms with van der Waals surface area (Å²) in [5, 5.41) is 0. The molecule has 1 aromatic rings. The summed E-state index contributed by atoms with van der Waals surface area (Å²) in [7, 11) is 1.18. The molecule has 1 fully saturated rings. The molecule has 1 heterocycles. The smallest absolute Gasteiger partial charge is 0.417 e. The summed E-state index contributed by atoms with van der Waals surface area (Å²) in [4.78, 5) is 23.7. The van der Waals surface area contributed by atoms with Crippen molar-refractivity contribution in [2.75, 3.05) is 7.11 Å². The normalized spacial score (nSPS) is 17.4. The van der Waals surface area contributed by atoms with Gasteiger partial charge in [-0.2, -0.15) is 13.2 Å². The Bertz CT molecular complexity index is 667. The van der Waals surface area contributed by atoms with Crippen molar-refractivity contribution in [2.45, 2.75) is 25.8 Å². The van der Waals surface area contributed by atoms with Crippen LogP contribution < -0.4 is 4.74 Å². The average Bonchev–Trinajstić information content (AvgIpc) is 2.40. The van der Waals surface area contributed by atoms with Crippen molar-refractivity contribution >= 4 is 18.0 Å². The number of rotatable bonds is 2. The monoisotopic (exact) mass is 330 g/mol. The van der Waals surface area contributed by atoms with Gasteiger partial charge in [0.1, 0.15) is 11.3 Å². The molecule has 0 N–H and O–H groups in total. The molecule has 1 aliphatic heterocycles. The number of hydrogen-bond donors (Lipinski definition) is 0. The first-order chi connectivity index (χ1) is 10.5. The second-order valence-corrected chi connectivity index (χ2v) is 5.16. The third-order valence-electron chi connectivity index (χ3n) is 3.00. The summed E-state index contributed by atoms with van der Waals surface area (Å²) in [5.74, 6) is -3.74. The van der Waals surface area contributed by atoms with Crippen LogP contribution in [0.5, 0.6) is 5.75 Å². The zero-order valence-electron chi connectivity index (χ0n) is 12.5. The van der Waals surface area contributed by atoms with Crippen LogP contribution in [0.4, 0.5) is 13.2 Å². The van der Waals surface area contributed by atoms with Crippen molar-refractivity contribution in [2.24, 2.45) is 0 Å². The van der Waals surface area contributed by atoms with E-state index in [0.29, 0.717) is 0 Å². The molecular weight excluding hydrogens is 317 g/mol. The molecule has 2 rings (SSSR count). The zero-order valence-corrected chi connectivity index (χ0v) is 12.5. The van der Waals surface area contributed by atoms with Crippen molar-refractivity contribution in [3.8, 4) is 5.75 Å². The Kier molecular flexibility index (Phi) is 4.10. The maximum Gasteiger partial charge on any atom is 0.417 e. The van der Waals surface area contributed by atoms with E-state index in [2.05, 4.69) is 0 Å². The van der Waals surface area contributed by atoms with Crippen molar-refractivity contribution in [1.82, 2.24) is 0 Å². The largest absolute Gasteiger partial charge is 0.496 e. The second-order valence-electron chi connectivity index (χ2n) is 5.16. The summed E-state index contributed by atoms with van der Waals surface area (Å²) in [5.41, 5.74) is -2.14. The van der Waals surface area contributed by atoms with E-state index < -0.39 is 40.6 Å². The predicted molar refractivity (Wildman–Crippen MR) is 72.2 cm³/mol. The van der Waals surface area contributed by atoms with Gasteiger partial charge in [0.25, 0.3) is 5.79 Å². The zero-order chi connectivity index (χ0) is 17.4. The molecule has 0 amide bonds. The van der Waals surface area contributed by atoms with Gasteiger partial charge in [-0.05, 0) is 18.2 Å². The summed E-state index contributed by atoms with van der Waals surface area (Å²) >= 11 is 0. The minimum atomic E-state index is -4.69. The number of carbonyl (C=O) groups is 2. The lowest BCUT2D eigenvalue weighted by molar-refractivity contribution is -0.222. The molecule has 124 valence electrons. The van der Waals surface area contributed by atoms with Crippen LogP contribution in [-0.2, 0) is 25.2 Å². The summed E-state index contributed by atoms with van der Waals surface area (Å²) < 4.78 is 54.0. The molecule has 1 aliphatic rings. The average molecular weight is 330 g/mol. The van der Waals surface area contributed by atoms with Crippen LogP contribution in [0.15, 0.2) is 23.8 Å². The van der Waals surface area contributed by atoms with E-state index in [-0.39, 0.29) is 5.75 Å². The van der Waals surface area contributed by atoms with Crippen LogP contribution in [0.3, 0.4) is 0 Å². The number of carbonyl (C=O) groups excluding carboxylic acids is 2. The number of benzene rings is 1. The Labute approximate surface area is 129 Å². The highest BCUT2D eigenvalue weighted by Gasteiger charge is 2.40. The number of ether oxygens (including phenoxy) is 3. The Morgan fingerprint density at radius 1 is 1.13 bits per heavy atom. The standard InChI is InChI=1S/C15H13F3O5/c1-14(2)22-12(19)9(13(20)23-14)7-8-10(15(16,17)18)5-4-6-11(8)21-3/h4-7H,1-3H3. The van der Waals surface area contributed by atoms with Gasteiger partial charge in [0.15, 0.2) is 0 Å². The van der Waals surface area contributed by atoms with E-state index in [0.717, 1.165) is 18.2 Å². The Morgan fingerprint density at radius 2 is 1.70 bits per heavy atom. The molecule has 0 spiro atoms. The van der Waals surface area contributed by atoms with E-state index >= 15 is 0 Å². The molecule has 0 aliphatic carbocycles. The fourth-order valence-corrected chi connectivity index (χ4v) is 2.04. The number of halogens is 3. The highest BCUT2D eigenvalue weighted by atomic mass is 19.4. The van der Waals surface area contributed by atoms with E-state index in [9.17, 15) is 22.8 Å². The molecule has 1 saturated heterocycles. The van der Waals surface area contributed by atoms with Crippen LogP contribution in [0.2, 0.25) is 0 Å². The number of alkyl halides is 3. The van der Waals surface area contributed by atoms with Crippen molar-refractivity contribution in [3.63, 3.8) is 0 Å². The fourth-order valence-electron chi connectivity index (χ4n) is 2.04. The minimum absolute atomic E-state index is 0.141. The van der Waals surface area contributed by atoms with Crippen LogP contribution in [-0.4, -0.2) is 24.8 Å². The van der Waals surface area contributed by atoms with Crippen LogP contribution in [0, 0.1) is 0 Å². The Hall–Kier alpha value is -2.51. The van der Waals surface area contributed by atoms with Gasteiger partial charge in [-0.1, -0.05) is 6.07 Å². The van der Waals surface area contributed by atoms with Crippen molar-refractivity contribution < 1.29 is 37.0 Å². The first-order valence-corrected chi connectivity index (χ1v) is 6.48. The molecule has 0 bridgehead atoms. The predicted octanol–water partition coefficient (Wildman–Crippen LogP) is 2.93. The second kappa shape index (κ2) is 5.60. The summed E-state index contributed by atoms with van der Waals surface area (Å²) in [6.07, 6.45) is -3.93. The molecule has 8 heteroatoms. The summed E-state index contributed by atoms with van der Waals surface area (Å²) in [6, 6.07) is 3.26. The third kappa shape index (κ3) is 3.46. The highest BCUT2D eigenvalue weighted by molar-refractivity contribution is 6.19. The maximum absolute atomic E-state index is 13.1. The molecule has 23 heavy (non-hydrogen) atoms. The van der Waals surface area contributed by atoms with E-state index in [1.54, 1.807) is 0 Å². The summed E-state index contributed by atoms with van der Waals surface area (Å²) in [6.45, 7) is 2.67. The third-order valence-corrected chi connectivity index (χ3v) is 3.00. The lowest BCUT2D eigenvalue weighted by atomic mass is 10.0. The Morgan fingerprint density at radius 3 is 2.17 bits per heavy atom. The quantitative estimate of drug-likeness (QED) is 0.474. The molecule has 5 nitrogen and oxygen atoms in total. The van der Waals surface area contributed by atoms with Gasteiger partial charge in [0, 0.05) is 19.4 Å². The number of esters is 2. The Balaban J connectivity index is 2.59. The van der Waals surface area contributed by atoms with E-state index in [1.165, 1.54) is 27.0 Å². The molecule has 0 unspecified atom stereocenters. The fraction of sp³-hybridized carbons (Fsp3) is 0.333. The first-order valence-electron chi connectivity index (χ1n) is 6.48. The van der Waals surface area contributed by atoms with Gasteiger partial charge in [-0.25, -0.2) is 9.59 Å². The van der Waals surface area contributed by atoms with Gasteiger partial charge in [-0.3, -0.25) is 0 Å². The number of cyclic esters (lactones) is 2. The lowest BCUT2D eigenvalue weighted by Crippen LogP contribution is -2.41. The van der Waals surface area contributed by atoms with Gasteiger partial charge in [-0.15, -0.1) is 0 Å². The SMILES string of the molecule is COc1cccc(C(F)(F)F)c1C=C1C(=O)OC(C)(C)OC1=O. The minimum Gasteiger partial charge on any atom is -0.496 e. The van der Waals surface area contributed by atoms with Gasteiger partial charge >= 0.3 is 18.1 Å². The van der Waals surface area contributed by atoms with Crippen LogP contribution in [0.1, 0.15) is 25.0 Å².